The van der Waals surface area contributed by atoms with Gasteiger partial charge < -0.3 is 23.6 Å². The Morgan fingerprint density at radius 2 is 2.29 bits per heavy atom. The molecular weight excluding hydrogens is 359 g/mol. The molecule has 24 heavy (non-hydrogen) atoms. The monoisotopic (exact) mass is 378 g/mol. The molecule has 2 bridgehead atoms. The molecule has 1 aromatic rings. The van der Waals surface area contributed by atoms with E-state index in [4.69, 9.17) is 30.5 Å². The first-order valence-corrected chi connectivity index (χ1v) is 10.4. The van der Waals surface area contributed by atoms with E-state index in [1.807, 2.05) is 0 Å². The molecule has 3 rings (SSSR count). The smallest absolute Gasteiger partial charge is 0.330 e. The van der Waals surface area contributed by atoms with Crippen molar-refractivity contribution in [1.82, 2.24) is 9.55 Å². The van der Waals surface area contributed by atoms with Crippen molar-refractivity contribution in [1.29, 1.82) is 0 Å². The highest BCUT2D eigenvalue weighted by atomic mass is 32.5. The molecule has 2 unspecified atom stereocenters. The Balaban J connectivity index is 2.01. The fourth-order valence-corrected chi connectivity index (χ4v) is 4.12. The normalized spacial score (nSPS) is 34.4. The number of methoxy groups -OCH3 is 1. The predicted molar refractivity (Wildman–Crippen MR) is 87.8 cm³/mol. The number of hydrogen-bond acceptors (Lipinski definition) is 7. The van der Waals surface area contributed by atoms with E-state index in [2.05, 4.69) is 4.98 Å². The van der Waals surface area contributed by atoms with Crippen LogP contribution in [0, 0.1) is 6.92 Å². The number of hydrogen-bond donors (Lipinski definition) is 2. The molecule has 2 aliphatic rings. The number of aromatic amines is 1. The first kappa shape index (κ1) is 17.9. The Labute approximate surface area is 142 Å². The quantitative estimate of drug-likeness (QED) is 0.658. The van der Waals surface area contributed by atoms with Crippen molar-refractivity contribution < 1.29 is 23.6 Å². The fourth-order valence-electron chi connectivity index (χ4n) is 3.11. The largest absolute Gasteiger partial charge is 0.381 e. The summed E-state index contributed by atoms with van der Waals surface area (Å²) < 4.78 is 23.9. The van der Waals surface area contributed by atoms with Gasteiger partial charge in [0.15, 0.2) is 12.7 Å². The summed E-state index contributed by atoms with van der Waals surface area (Å²) in [5, 5.41) is 0. The Morgan fingerprint density at radius 1 is 1.58 bits per heavy atom. The molecule has 3 heterocycles. The molecule has 9 nitrogen and oxygen atoms in total. The van der Waals surface area contributed by atoms with E-state index in [1.54, 1.807) is 6.92 Å². The van der Waals surface area contributed by atoms with Crippen molar-refractivity contribution >= 4 is 18.3 Å². The highest BCUT2D eigenvalue weighted by Crippen LogP contribution is 2.52. The van der Waals surface area contributed by atoms with Crippen LogP contribution in [0.15, 0.2) is 15.8 Å². The average molecular weight is 378 g/mol. The number of H-pyrrole nitrogens is 1. The Hall–Kier alpha value is -0.870. The molecule has 1 aromatic heterocycles. The standard InChI is InChI=1S/C13H19N2O7PS/c1-7-4-15(12(17)14-10(7)16)11-8-9(22-23(3,18)24)13(21-11,5-19-2)6-20-8/h4,8-9,11H,5-6H2,1-3H3,(H,18,24)(H,14,16,17)/t8-,9?,11+,13-,23?/m0/s1. The zero-order valence-electron chi connectivity index (χ0n) is 13.4. The summed E-state index contributed by atoms with van der Waals surface area (Å²) in [4.78, 5) is 35.9. The number of aryl methyl sites for hydroxylation is 1. The van der Waals surface area contributed by atoms with Crippen LogP contribution in [0.5, 0.6) is 0 Å². The predicted octanol–water partition coefficient (Wildman–Crippen LogP) is -0.525. The Morgan fingerprint density at radius 3 is 2.92 bits per heavy atom. The van der Waals surface area contributed by atoms with E-state index in [-0.39, 0.29) is 13.2 Å². The molecule has 2 aliphatic heterocycles. The van der Waals surface area contributed by atoms with Crippen molar-refractivity contribution in [2.75, 3.05) is 27.0 Å². The van der Waals surface area contributed by atoms with Crippen LogP contribution >= 0.6 is 6.49 Å². The molecule has 0 aliphatic carbocycles. The second-order valence-electron chi connectivity index (χ2n) is 6.09. The molecular formula is C13H19N2O7PS. The number of rotatable bonds is 5. The minimum Gasteiger partial charge on any atom is -0.381 e. The number of ether oxygens (including phenoxy) is 3. The number of nitrogens with zero attached hydrogens (tertiary/aromatic N) is 1. The number of fused-ring (bicyclic) bond motifs is 2. The van der Waals surface area contributed by atoms with Gasteiger partial charge in [-0.05, 0) is 18.7 Å². The summed E-state index contributed by atoms with van der Waals surface area (Å²) in [6.07, 6.45) is -0.738. The first-order valence-electron chi connectivity index (χ1n) is 7.26. The summed E-state index contributed by atoms with van der Waals surface area (Å²) in [5.74, 6) is 0. The van der Waals surface area contributed by atoms with Crippen LogP contribution in [0.3, 0.4) is 0 Å². The topological polar surface area (TPSA) is 112 Å². The van der Waals surface area contributed by atoms with Gasteiger partial charge in [-0.3, -0.25) is 14.3 Å². The maximum Gasteiger partial charge on any atom is 0.330 e. The van der Waals surface area contributed by atoms with Gasteiger partial charge >= 0.3 is 5.69 Å². The van der Waals surface area contributed by atoms with Gasteiger partial charge in [0.25, 0.3) is 5.56 Å². The van der Waals surface area contributed by atoms with Crippen molar-refractivity contribution in [2.45, 2.75) is 31.0 Å². The van der Waals surface area contributed by atoms with Crippen LogP contribution in [-0.2, 0) is 30.5 Å². The van der Waals surface area contributed by atoms with E-state index >= 15 is 0 Å². The molecule has 0 aromatic carbocycles. The minimum absolute atomic E-state index is 0.150. The van der Waals surface area contributed by atoms with Crippen LogP contribution in [0.1, 0.15) is 11.8 Å². The van der Waals surface area contributed by atoms with Crippen LogP contribution < -0.4 is 11.2 Å². The molecule has 2 fully saturated rings. The number of nitrogens with one attached hydrogen (secondary N) is 1. The van der Waals surface area contributed by atoms with Crippen molar-refractivity contribution in [3.8, 4) is 0 Å². The van der Waals surface area contributed by atoms with E-state index in [9.17, 15) is 14.5 Å². The lowest BCUT2D eigenvalue weighted by atomic mass is 10.0. The molecule has 0 spiro atoms. The maximum atomic E-state index is 12.1. The highest BCUT2D eigenvalue weighted by molar-refractivity contribution is 8.09. The molecule has 2 saturated heterocycles. The van der Waals surface area contributed by atoms with Crippen molar-refractivity contribution in [2.24, 2.45) is 0 Å². The summed E-state index contributed by atoms with van der Waals surface area (Å²) in [5.41, 5.74) is -1.68. The van der Waals surface area contributed by atoms with Gasteiger partial charge in [-0.15, -0.1) is 0 Å². The molecule has 0 radical (unpaired) electrons. The molecule has 11 heteroatoms. The van der Waals surface area contributed by atoms with E-state index in [0.29, 0.717) is 5.56 Å². The van der Waals surface area contributed by atoms with Crippen molar-refractivity contribution in [3.63, 3.8) is 0 Å². The van der Waals surface area contributed by atoms with E-state index in [0.717, 1.165) is 0 Å². The van der Waals surface area contributed by atoms with Gasteiger partial charge in [0.05, 0.1) is 13.2 Å². The lowest BCUT2D eigenvalue weighted by molar-refractivity contribution is -0.190. The van der Waals surface area contributed by atoms with Crippen molar-refractivity contribution in [3.05, 3.63) is 32.6 Å². The van der Waals surface area contributed by atoms with Crippen LogP contribution in [0.4, 0.5) is 0 Å². The van der Waals surface area contributed by atoms with Gasteiger partial charge in [-0.2, -0.15) is 0 Å². The van der Waals surface area contributed by atoms with Crippen LogP contribution in [0.25, 0.3) is 0 Å². The number of aromatic nitrogens is 2. The average Bonchev–Trinajstić information content (AvgIpc) is 2.93. The van der Waals surface area contributed by atoms with E-state index < -0.39 is 41.8 Å². The molecule has 5 atom stereocenters. The summed E-state index contributed by atoms with van der Waals surface area (Å²) in [6.45, 7) is 0.374. The van der Waals surface area contributed by atoms with E-state index in [1.165, 1.54) is 24.5 Å². The Bertz CT molecular complexity index is 802. The van der Waals surface area contributed by atoms with Crippen LogP contribution in [-0.4, -0.2) is 59.2 Å². The second-order valence-corrected chi connectivity index (χ2v) is 9.94. The van der Waals surface area contributed by atoms with Gasteiger partial charge in [-0.25, -0.2) is 4.79 Å². The van der Waals surface area contributed by atoms with Gasteiger partial charge in [-0.1, -0.05) is 0 Å². The highest BCUT2D eigenvalue weighted by Gasteiger charge is 2.64. The molecule has 134 valence electrons. The third-order valence-corrected chi connectivity index (χ3v) is 4.97. The van der Waals surface area contributed by atoms with Gasteiger partial charge in [0.2, 0.25) is 0 Å². The maximum absolute atomic E-state index is 12.1. The third kappa shape index (κ3) is 3.03. The van der Waals surface area contributed by atoms with Gasteiger partial charge in [0.1, 0.15) is 17.8 Å². The fraction of sp³-hybridized carbons (Fsp3) is 0.692. The van der Waals surface area contributed by atoms with Gasteiger partial charge in [0, 0.05) is 25.5 Å². The lowest BCUT2D eigenvalue weighted by Crippen LogP contribution is -2.46. The lowest BCUT2D eigenvalue weighted by Gasteiger charge is -2.31. The Kier molecular flexibility index (Phi) is 4.59. The third-order valence-electron chi connectivity index (χ3n) is 4.09. The summed E-state index contributed by atoms with van der Waals surface area (Å²) in [6, 6.07) is 0. The second kappa shape index (κ2) is 6.14. The molecule has 0 amide bonds. The minimum atomic E-state index is -2.99. The summed E-state index contributed by atoms with van der Waals surface area (Å²) in [7, 11) is 1.51. The van der Waals surface area contributed by atoms with Crippen LogP contribution in [0.2, 0.25) is 0 Å². The zero-order valence-corrected chi connectivity index (χ0v) is 15.1. The molecule has 2 N–H and O–H groups in total. The first-order chi connectivity index (χ1) is 11.2. The SMILES string of the molecule is COC[C@]12CO[C@@H](C1OP(C)(O)=S)[C@H](n1cc(C)c(=O)[nH]c1=O)O2. The summed E-state index contributed by atoms with van der Waals surface area (Å²) >= 11 is 4.98. The zero-order chi connectivity index (χ0) is 17.7. The molecule has 0 saturated carbocycles.